The molecule has 0 amide bonds. The van der Waals surface area contributed by atoms with Gasteiger partial charge in [0.05, 0.1) is 0 Å². The SMILES string of the molecule is C#CC#Cc1c(C)c(C)c(C)c(C)c1C#CC#CC. The van der Waals surface area contributed by atoms with E-state index in [0.29, 0.717) is 0 Å². The summed E-state index contributed by atoms with van der Waals surface area (Å²) >= 11 is 0. The highest BCUT2D eigenvalue weighted by molar-refractivity contribution is 5.63. The first-order chi connectivity index (χ1) is 9.04. The van der Waals surface area contributed by atoms with Crippen molar-refractivity contribution in [3.8, 4) is 47.9 Å². The molecule has 0 fully saturated rings. The van der Waals surface area contributed by atoms with E-state index in [2.05, 4.69) is 69.1 Å². The third-order valence-corrected chi connectivity index (χ3v) is 3.32. The summed E-state index contributed by atoms with van der Waals surface area (Å²) in [6.07, 6.45) is 5.22. The van der Waals surface area contributed by atoms with Crippen LogP contribution in [0.4, 0.5) is 0 Å². The maximum absolute atomic E-state index is 5.22. The van der Waals surface area contributed by atoms with Crippen LogP contribution in [0.3, 0.4) is 0 Å². The maximum Gasteiger partial charge on any atom is 0.0447 e. The van der Waals surface area contributed by atoms with Crippen LogP contribution in [-0.2, 0) is 0 Å². The monoisotopic (exact) mass is 244 g/mol. The van der Waals surface area contributed by atoms with Crippen molar-refractivity contribution in [2.75, 3.05) is 0 Å². The van der Waals surface area contributed by atoms with Gasteiger partial charge in [-0.15, -0.1) is 6.42 Å². The Morgan fingerprint density at radius 1 is 0.684 bits per heavy atom. The van der Waals surface area contributed by atoms with Crippen LogP contribution in [-0.4, -0.2) is 0 Å². The molecule has 0 spiro atoms. The van der Waals surface area contributed by atoms with E-state index < -0.39 is 0 Å². The van der Waals surface area contributed by atoms with Crippen molar-refractivity contribution in [1.29, 1.82) is 0 Å². The average molecular weight is 244 g/mol. The highest BCUT2D eigenvalue weighted by Crippen LogP contribution is 2.25. The van der Waals surface area contributed by atoms with Gasteiger partial charge >= 0.3 is 0 Å². The van der Waals surface area contributed by atoms with Crippen molar-refractivity contribution in [1.82, 2.24) is 0 Å². The smallest absolute Gasteiger partial charge is 0.0447 e. The van der Waals surface area contributed by atoms with Crippen LogP contribution in [0.15, 0.2) is 0 Å². The summed E-state index contributed by atoms with van der Waals surface area (Å²) in [5.41, 5.74) is 6.63. The summed E-state index contributed by atoms with van der Waals surface area (Å²) in [5, 5.41) is 0. The fourth-order valence-corrected chi connectivity index (χ4v) is 1.88. The van der Waals surface area contributed by atoms with Gasteiger partial charge in [-0.25, -0.2) is 0 Å². The second-order valence-electron chi connectivity index (χ2n) is 4.27. The molecule has 1 rings (SSSR count). The lowest BCUT2D eigenvalue weighted by Gasteiger charge is -2.14. The van der Waals surface area contributed by atoms with Crippen molar-refractivity contribution < 1.29 is 0 Å². The van der Waals surface area contributed by atoms with Crippen molar-refractivity contribution in [2.45, 2.75) is 34.6 Å². The van der Waals surface area contributed by atoms with E-state index in [0.717, 1.165) is 22.3 Å². The van der Waals surface area contributed by atoms with Crippen molar-refractivity contribution in [3.63, 3.8) is 0 Å². The zero-order chi connectivity index (χ0) is 14.4. The Morgan fingerprint density at radius 2 is 1.16 bits per heavy atom. The van der Waals surface area contributed by atoms with E-state index in [1.807, 2.05) is 0 Å². The zero-order valence-electron chi connectivity index (χ0n) is 12.1. The molecule has 0 aliphatic carbocycles. The summed E-state index contributed by atoms with van der Waals surface area (Å²) < 4.78 is 0. The quantitative estimate of drug-likeness (QED) is 0.614. The molecule has 0 heteroatoms. The molecule has 0 heterocycles. The second-order valence-corrected chi connectivity index (χ2v) is 4.27. The topological polar surface area (TPSA) is 0 Å². The molecule has 0 aliphatic heterocycles. The minimum atomic E-state index is 0.920. The van der Waals surface area contributed by atoms with Gasteiger partial charge in [-0.2, -0.15) is 0 Å². The molecule has 1 aromatic rings. The predicted octanol–water partition coefficient (Wildman–Crippen LogP) is 3.28. The molecule has 0 atom stereocenters. The lowest BCUT2D eigenvalue weighted by molar-refractivity contribution is 1.19. The van der Waals surface area contributed by atoms with E-state index in [4.69, 9.17) is 6.42 Å². The Balaban J connectivity index is 3.72. The van der Waals surface area contributed by atoms with Crippen LogP contribution in [0, 0.1) is 75.6 Å². The van der Waals surface area contributed by atoms with Crippen LogP contribution in [0.5, 0.6) is 0 Å². The van der Waals surface area contributed by atoms with Crippen LogP contribution < -0.4 is 0 Å². The van der Waals surface area contributed by atoms with Crippen LogP contribution in [0.2, 0.25) is 0 Å². The van der Waals surface area contributed by atoms with Gasteiger partial charge in [-0.05, 0) is 80.6 Å². The Hall–Kier alpha value is -2.54. The van der Waals surface area contributed by atoms with E-state index in [1.54, 1.807) is 6.92 Å². The summed E-state index contributed by atoms with van der Waals surface area (Å²) in [5.74, 6) is 19.6. The molecular formula is C19H16. The van der Waals surface area contributed by atoms with Crippen molar-refractivity contribution in [3.05, 3.63) is 33.4 Å². The van der Waals surface area contributed by atoms with Crippen molar-refractivity contribution in [2.24, 2.45) is 0 Å². The van der Waals surface area contributed by atoms with Crippen LogP contribution in [0.1, 0.15) is 40.3 Å². The third-order valence-electron chi connectivity index (χ3n) is 3.32. The normalized spacial score (nSPS) is 8.00. The standard InChI is InChI=1S/C19H16/c1-7-9-11-13-19-17(6)15(4)14(3)16(5)18(19)12-10-8-2/h2H,1,3-6H3. The first-order valence-electron chi connectivity index (χ1n) is 6.04. The number of hydrogen-bond acceptors (Lipinski definition) is 0. The number of terminal acetylenes is 1. The zero-order valence-corrected chi connectivity index (χ0v) is 12.1. The van der Waals surface area contributed by atoms with Crippen LogP contribution in [0.25, 0.3) is 0 Å². The van der Waals surface area contributed by atoms with Gasteiger partial charge in [0.1, 0.15) is 0 Å². The summed E-state index contributed by atoms with van der Waals surface area (Å²) in [7, 11) is 0. The molecule has 0 unspecified atom stereocenters. The fraction of sp³-hybridized carbons (Fsp3) is 0.263. The molecule has 0 saturated heterocycles. The molecule has 0 aromatic heterocycles. The fourth-order valence-electron chi connectivity index (χ4n) is 1.88. The van der Waals surface area contributed by atoms with Gasteiger partial charge in [0.15, 0.2) is 0 Å². The van der Waals surface area contributed by atoms with E-state index >= 15 is 0 Å². The highest BCUT2D eigenvalue weighted by atomic mass is 14.1. The number of rotatable bonds is 0. The lowest BCUT2D eigenvalue weighted by atomic mass is 9.89. The summed E-state index contributed by atoms with van der Waals surface area (Å²) in [6, 6.07) is 0. The summed E-state index contributed by atoms with van der Waals surface area (Å²) in [4.78, 5) is 0. The Morgan fingerprint density at radius 3 is 1.58 bits per heavy atom. The average Bonchev–Trinajstić information content (AvgIpc) is 2.41. The Labute approximate surface area is 116 Å². The van der Waals surface area contributed by atoms with Gasteiger partial charge in [-0.1, -0.05) is 17.8 Å². The Bertz CT molecular complexity index is 734. The van der Waals surface area contributed by atoms with Gasteiger partial charge in [0, 0.05) is 11.1 Å². The van der Waals surface area contributed by atoms with Gasteiger partial charge in [-0.3, -0.25) is 0 Å². The molecule has 0 radical (unpaired) electrons. The van der Waals surface area contributed by atoms with Gasteiger partial charge < -0.3 is 0 Å². The van der Waals surface area contributed by atoms with Gasteiger partial charge in [0.25, 0.3) is 0 Å². The van der Waals surface area contributed by atoms with Crippen LogP contribution >= 0.6 is 0 Å². The first-order valence-corrected chi connectivity index (χ1v) is 6.04. The van der Waals surface area contributed by atoms with E-state index in [9.17, 15) is 0 Å². The first kappa shape index (κ1) is 14.5. The molecule has 0 saturated carbocycles. The minimum Gasteiger partial charge on any atom is -0.106 e. The molecule has 0 N–H and O–H groups in total. The minimum absolute atomic E-state index is 0.920. The molecule has 19 heavy (non-hydrogen) atoms. The number of benzene rings is 1. The molecule has 0 bridgehead atoms. The summed E-state index contributed by atoms with van der Waals surface area (Å²) in [6.45, 7) is 10.1. The Kier molecular flexibility index (Phi) is 4.90. The van der Waals surface area contributed by atoms with Crippen molar-refractivity contribution >= 4 is 0 Å². The van der Waals surface area contributed by atoms with Gasteiger partial charge in [0.2, 0.25) is 0 Å². The lowest BCUT2D eigenvalue weighted by Crippen LogP contribution is -2.00. The molecular weight excluding hydrogens is 228 g/mol. The third kappa shape index (κ3) is 3.02. The molecule has 0 nitrogen and oxygen atoms in total. The molecule has 92 valence electrons. The van der Waals surface area contributed by atoms with E-state index in [1.165, 1.54) is 11.1 Å². The second kappa shape index (κ2) is 6.41. The number of hydrogen-bond donors (Lipinski definition) is 0. The molecule has 1 aromatic carbocycles. The largest absolute Gasteiger partial charge is 0.106 e. The highest BCUT2D eigenvalue weighted by Gasteiger charge is 2.12. The molecule has 0 aliphatic rings. The maximum atomic E-state index is 5.22. The van der Waals surface area contributed by atoms with E-state index in [-0.39, 0.29) is 0 Å². The predicted molar refractivity (Wildman–Crippen MR) is 81.4 cm³/mol.